The summed E-state index contributed by atoms with van der Waals surface area (Å²) in [6.45, 7) is 3.09. The Kier molecular flexibility index (Phi) is 4.66. The van der Waals surface area contributed by atoms with E-state index >= 15 is 0 Å². The number of amides is 1. The highest BCUT2D eigenvalue weighted by Crippen LogP contribution is 2.23. The summed E-state index contributed by atoms with van der Waals surface area (Å²) in [6, 6.07) is 6.11. The molecule has 3 rings (SSSR count). The molecular weight excluding hydrogens is 326 g/mol. The van der Waals surface area contributed by atoms with E-state index in [1.165, 1.54) is 7.11 Å². The standard InChI is InChI=1S/C16H19N5O2S/c1-11-9-13(14-5-4-8-24-14)18-21(11)7-6-17-15(22)12-10-20(2)19-16(12)23-3/h4-5,8-10H,6-7H2,1-3H3,(H,17,22). The third-order valence-corrected chi connectivity index (χ3v) is 4.49. The second kappa shape index (κ2) is 6.88. The van der Waals surface area contributed by atoms with E-state index in [9.17, 15) is 4.79 Å². The summed E-state index contributed by atoms with van der Waals surface area (Å²) < 4.78 is 8.56. The number of carbonyl (C=O) groups is 1. The van der Waals surface area contributed by atoms with Gasteiger partial charge in [-0.2, -0.15) is 5.10 Å². The van der Waals surface area contributed by atoms with Crippen molar-refractivity contribution in [3.63, 3.8) is 0 Å². The van der Waals surface area contributed by atoms with Crippen LogP contribution in [0.3, 0.4) is 0 Å². The van der Waals surface area contributed by atoms with Crippen molar-refractivity contribution in [2.45, 2.75) is 13.5 Å². The number of carbonyl (C=O) groups excluding carboxylic acids is 1. The van der Waals surface area contributed by atoms with Crippen molar-refractivity contribution in [3.05, 3.63) is 41.0 Å². The SMILES string of the molecule is COc1nn(C)cc1C(=O)NCCn1nc(-c2cccs2)cc1C. The first kappa shape index (κ1) is 16.3. The van der Waals surface area contributed by atoms with Gasteiger partial charge in [0, 0.05) is 25.5 Å². The average Bonchev–Trinajstić information content (AvgIpc) is 3.27. The summed E-state index contributed by atoms with van der Waals surface area (Å²) in [7, 11) is 3.25. The average molecular weight is 345 g/mol. The highest BCUT2D eigenvalue weighted by atomic mass is 32.1. The highest BCUT2D eigenvalue weighted by molar-refractivity contribution is 7.13. The number of rotatable bonds is 6. The lowest BCUT2D eigenvalue weighted by Crippen LogP contribution is -2.27. The molecule has 8 heteroatoms. The van der Waals surface area contributed by atoms with E-state index in [2.05, 4.69) is 21.6 Å². The first-order valence-corrected chi connectivity index (χ1v) is 8.40. The Labute approximate surface area is 143 Å². The Morgan fingerprint density at radius 1 is 1.42 bits per heavy atom. The summed E-state index contributed by atoms with van der Waals surface area (Å²) in [6.07, 6.45) is 1.64. The Morgan fingerprint density at radius 3 is 2.96 bits per heavy atom. The molecule has 0 saturated carbocycles. The summed E-state index contributed by atoms with van der Waals surface area (Å²) in [5.74, 6) is 0.119. The monoisotopic (exact) mass is 345 g/mol. The molecule has 0 unspecified atom stereocenters. The van der Waals surface area contributed by atoms with Gasteiger partial charge in [0.1, 0.15) is 11.3 Å². The number of hydrogen-bond donors (Lipinski definition) is 1. The minimum atomic E-state index is -0.205. The molecule has 24 heavy (non-hydrogen) atoms. The fourth-order valence-electron chi connectivity index (χ4n) is 2.43. The lowest BCUT2D eigenvalue weighted by atomic mass is 10.3. The Morgan fingerprint density at radius 2 is 2.25 bits per heavy atom. The van der Waals surface area contributed by atoms with Gasteiger partial charge in [0.2, 0.25) is 5.88 Å². The van der Waals surface area contributed by atoms with Gasteiger partial charge < -0.3 is 10.1 Å². The maximum atomic E-state index is 12.2. The molecule has 0 atom stereocenters. The van der Waals surface area contributed by atoms with E-state index in [-0.39, 0.29) is 5.91 Å². The fourth-order valence-corrected chi connectivity index (χ4v) is 3.11. The third kappa shape index (κ3) is 3.33. The van der Waals surface area contributed by atoms with Crippen molar-refractivity contribution in [2.24, 2.45) is 7.05 Å². The van der Waals surface area contributed by atoms with E-state index in [0.29, 0.717) is 24.5 Å². The predicted octanol–water partition coefficient (Wildman–Crippen LogP) is 2.09. The smallest absolute Gasteiger partial charge is 0.258 e. The van der Waals surface area contributed by atoms with Crippen LogP contribution < -0.4 is 10.1 Å². The van der Waals surface area contributed by atoms with Gasteiger partial charge in [-0.25, -0.2) is 0 Å². The highest BCUT2D eigenvalue weighted by Gasteiger charge is 2.16. The quantitative estimate of drug-likeness (QED) is 0.742. The van der Waals surface area contributed by atoms with Crippen LogP contribution in [0.5, 0.6) is 5.88 Å². The lowest BCUT2D eigenvalue weighted by Gasteiger charge is -2.06. The zero-order chi connectivity index (χ0) is 17.1. The van der Waals surface area contributed by atoms with Crippen LogP contribution in [0.25, 0.3) is 10.6 Å². The van der Waals surface area contributed by atoms with Crippen molar-refractivity contribution >= 4 is 17.2 Å². The minimum absolute atomic E-state index is 0.205. The van der Waals surface area contributed by atoms with E-state index in [1.807, 2.05) is 29.1 Å². The molecule has 0 fully saturated rings. The molecule has 7 nitrogen and oxygen atoms in total. The number of nitrogens with one attached hydrogen (secondary N) is 1. The van der Waals surface area contributed by atoms with E-state index < -0.39 is 0 Å². The van der Waals surface area contributed by atoms with Crippen molar-refractivity contribution < 1.29 is 9.53 Å². The number of ether oxygens (including phenoxy) is 1. The molecule has 3 aromatic rings. The van der Waals surface area contributed by atoms with E-state index in [4.69, 9.17) is 4.74 Å². The molecule has 0 aliphatic heterocycles. The van der Waals surface area contributed by atoms with Gasteiger partial charge in [-0.05, 0) is 24.4 Å². The number of methoxy groups -OCH3 is 1. The van der Waals surface area contributed by atoms with Gasteiger partial charge >= 0.3 is 0 Å². The molecule has 3 aromatic heterocycles. The second-order valence-electron chi connectivity index (χ2n) is 5.35. The number of nitrogens with zero attached hydrogens (tertiary/aromatic N) is 4. The van der Waals surface area contributed by atoms with Gasteiger partial charge in [-0.15, -0.1) is 16.4 Å². The summed E-state index contributed by atoms with van der Waals surface area (Å²) in [5, 5.41) is 13.6. The van der Waals surface area contributed by atoms with Crippen molar-refractivity contribution in [1.82, 2.24) is 24.9 Å². The van der Waals surface area contributed by atoms with Crippen LogP contribution in [-0.4, -0.2) is 39.1 Å². The zero-order valence-electron chi connectivity index (χ0n) is 13.8. The minimum Gasteiger partial charge on any atom is -0.479 e. The van der Waals surface area contributed by atoms with Crippen LogP contribution in [0, 0.1) is 6.92 Å². The summed E-state index contributed by atoms with van der Waals surface area (Å²) >= 11 is 1.66. The molecule has 0 aromatic carbocycles. The predicted molar refractivity (Wildman–Crippen MR) is 92.4 cm³/mol. The van der Waals surface area contributed by atoms with Crippen LogP contribution in [0.2, 0.25) is 0 Å². The molecule has 126 valence electrons. The fraction of sp³-hybridized carbons (Fsp3) is 0.312. The Balaban J connectivity index is 1.61. The number of thiophene rings is 1. The van der Waals surface area contributed by atoms with E-state index in [1.54, 1.807) is 29.3 Å². The molecule has 0 aliphatic carbocycles. The van der Waals surface area contributed by atoms with Crippen molar-refractivity contribution in [3.8, 4) is 16.5 Å². The van der Waals surface area contributed by atoms with Gasteiger partial charge in [0.05, 0.1) is 18.5 Å². The van der Waals surface area contributed by atoms with Crippen LogP contribution in [0.15, 0.2) is 29.8 Å². The van der Waals surface area contributed by atoms with Crippen LogP contribution in [0.4, 0.5) is 0 Å². The zero-order valence-corrected chi connectivity index (χ0v) is 14.6. The number of aromatic nitrogens is 4. The summed E-state index contributed by atoms with van der Waals surface area (Å²) in [5.41, 5.74) is 2.45. The van der Waals surface area contributed by atoms with Crippen molar-refractivity contribution in [2.75, 3.05) is 13.7 Å². The molecular formula is C16H19N5O2S. The topological polar surface area (TPSA) is 74.0 Å². The van der Waals surface area contributed by atoms with Crippen LogP contribution in [-0.2, 0) is 13.6 Å². The Hall–Kier alpha value is -2.61. The van der Waals surface area contributed by atoms with Crippen molar-refractivity contribution in [1.29, 1.82) is 0 Å². The maximum absolute atomic E-state index is 12.2. The lowest BCUT2D eigenvalue weighted by molar-refractivity contribution is 0.0948. The van der Waals surface area contributed by atoms with Gasteiger partial charge in [-0.1, -0.05) is 6.07 Å². The normalized spacial score (nSPS) is 10.8. The first-order chi connectivity index (χ1) is 11.6. The van der Waals surface area contributed by atoms with Gasteiger partial charge in [0.25, 0.3) is 5.91 Å². The Bertz CT molecular complexity index is 835. The number of aryl methyl sites for hydroxylation is 2. The molecule has 1 amide bonds. The van der Waals surface area contributed by atoms with Crippen LogP contribution >= 0.6 is 11.3 Å². The first-order valence-electron chi connectivity index (χ1n) is 7.52. The molecule has 0 aliphatic rings. The molecule has 3 heterocycles. The number of hydrogen-bond acceptors (Lipinski definition) is 5. The molecule has 0 saturated heterocycles. The summed E-state index contributed by atoms with van der Waals surface area (Å²) in [4.78, 5) is 13.4. The van der Waals surface area contributed by atoms with Crippen LogP contribution in [0.1, 0.15) is 16.1 Å². The molecule has 0 spiro atoms. The largest absolute Gasteiger partial charge is 0.479 e. The molecule has 1 N–H and O–H groups in total. The van der Waals surface area contributed by atoms with Gasteiger partial charge in [0.15, 0.2) is 0 Å². The maximum Gasteiger partial charge on any atom is 0.258 e. The molecule has 0 radical (unpaired) electrons. The van der Waals surface area contributed by atoms with E-state index in [0.717, 1.165) is 16.3 Å². The molecule has 0 bridgehead atoms. The second-order valence-corrected chi connectivity index (χ2v) is 6.30. The third-order valence-electron chi connectivity index (χ3n) is 3.60. The van der Waals surface area contributed by atoms with Gasteiger partial charge in [-0.3, -0.25) is 14.2 Å².